The summed E-state index contributed by atoms with van der Waals surface area (Å²) in [7, 11) is 0. The third kappa shape index (κ3) is 2.65. The van der Waals surface area contributed by atoms with Crippen molar-refractivity contribution in [3.63, 3.8) is 0 Å². The number of aliphatic hydroxyl groups is 2. The Kier molecular flexibility index (Phi) is 3.61. The molecule has 1 fully saturated rings. The van der Waals surface area contributed by atoms with E-state index in [1.165, 1.54) is 6.92 Å². The lowest BCUT2D eigenvalue weighted by atomic mass is 9.92. The lowest BCUT2D eigenvalue weighted by Crippen LogP contribution is -2.64. The summed E-state index contributed by atoms with van der Waals surface area (Å²) in [5, 5.41) is 32.7. The van der Waals surface area contributed by atoms with Crippen LogP contribution in [0.5, 0.6) is 0 Å². The monoisotopic (exact) mass is 218 g/mol. The zero-order valence-corrected chi connectivity index (χ0v) is 8.17. The maximum atomic E-state index is 10.7. The van der Waals surface area contributed by atoms with Crippen molar-refractivity contribution in [2.45, 2.75) is 25.3 Å². The summed E-state index contributed by atoms with van der Waals surface area (Å²) in [5.74, 6) is -2.62. The number of hydrogen-bond acceptors (Lipinski definition) is 5. The Balaban J connectivity index is 2.64. The number of aliphatic hydroxyl groups excluding tert-OH is 2. The summed E-state index contributed by atoms with van der Waals surface area (Å²) >= 11 is 0. The molecule has 1 aliphatic heterocycles. The van der Waals surface area contributed by atoms with Gasteiger partial charge in [0.15, 0.2) is 0 Å². The molecule has 5 N–H and O–H groups in total. The first-order valence-corrected chi connectivity index (χ1v) is 4.53. The van der Waals surface area contributed by atoms with Crippen molar-refractivity contribution in [3.8, 4) is 0 Å². The summed E-state index contributed by atoms with van der Waals surface area (Å²) in [6.45, 7) is 1.27. The van der Waals surface area contributed by atoms with Crippen LogP contribution in [0.1, 0.15) is 6.92 Å². The fourth-order valence-electron chi connectivity index (χ4n) is 1.52. The molecule has 1 heterocycles. The normalized spacial score (nSPS) is 35.9. The predicted molar refractivity (Wildman–Crippen MR) is 48.7 cm³/mol. The van der Waals surface area contributed by atoms with Crippen LogP contribution in [-0.4, -0.2) is 52.1 Å². The van der Waals surface area contributed by atoms with Crippen LogP contribution in [0.2, 0.25) is 0 Å². The topological polar surface area (TPSA) is 119 Å². The second-order valence-corrected chi connectivity index (χ2v) is 3.51. The summed E-state index contributed by atoms with van der Waals surface area (Å²) < 4.78 is 0. The molecule has 0 aliphatic carbocycles. The Morgan fingerprint density at radius 2 is 1.93 bits per heavy atom. The molecule has 1 saturated heterocycles. The maximum Gasteiger partial charge on any atom is 0.310 e. The Morgan fingerprint density at radius 1 is 1.33 bits per heavy atom. The van der Waals surface area contributed by atoms with Gasteiger partial charge in [-0.2, -0.15) is 0 Å². The van der Waals surface area contributed by atoms with Crippen LogP contribution >= 0.6 is 0 Å². The van der Waals surface area contributed by atoms with Crippen molar-refractivity contribution in [3.05, 3.63) is 0 Å². The first-order chi connectivity index (χ1) is 6.93. The van der Waals surface area contributed by atoms with Crippen LogP contribution < -0.4 is 10.6 Å². The van der Waals surface area contributed by atoms with E-state index in [-0.39, 0.29) is 12.5 Å². The van der Waals surface area contributed by atoms with Crippen LogP contribution in [0.15, 0.2) is 0 Å². The quantitative estimate of drug-likeness (QED) is 0.349. The number of carboxylic acids is 1. The molecule has 15 heavy (non-hydrogen) atoms. The first kappa shape index (κ1) is 11.9. The van der Waals surface area contributed by atoms with Crippen LogP contribution in [0.3, 0.4) is 0 Å². The second kappa shape index (κ2) is 4.56. The van der Waals surface area contributed by atoms with Crippen molar-refractivity contribution < 1.29 is 24.9 Å². The predicted octanol–water partition coefficient (Wildman–Crippen LogP) is -2.53. The van der Waals surface area contributed by atoms with Crippen LogP contribution in [-0.2, 0) is 9.59 Å². The third-order valence-corrected chi connectivity index (χ3v) is 2.34. The van der Waals surface area contributed by atoms with Gasteiger partial charge in [0.1, 0.15) is 12.3 Å². The average Bonchev–Trinajstić information content (AvgIpc) is 2.12. The molecule has 0 aromatic carbocycles. The van der Waals surface area contributed by atoms with Gasteiger partial charge in [-0.15, -0.1) is 0 Å². The van der Waals surface area contributed by atoms with Gasteiger partial charge in [-0.25, -0.2) is 0 Å². The lowest BCUT2D eigenvalue weighted by Gasteiger charge is -2.36. The SMILES string of the molecule is CC(=O)N[C@H]1NC[C@@H](C(=O)O)[C@@H](O)[C@@H]1O. The van der Waals surface area contributed by atoms with Crippen LogP contribution in [0.4, 0.5) is 0 Å². The van der Waals surface area contributed by atoms with E-state index in [1.807, 2.05) is 0 Å². The van der Waals surface area contributed by atoms with Gasteiger partial charge in [-0.1, -0.05) is 0 Å². The molecule has 0 aromatic heterocycles. The molecular formula is C8H14N2O5. The van der Waals surface area contributed by atoms with Gasteiger partial charge < -0.3 is 20.6 Å². The van der Waals surface area contributed by atoms with E-state index in [1.54, 1.807) is 0 Å². The Bertz CT molecular complexity index is 268. The highest BCUT2D eigenvalue weighted by atomic mass is 16.4. The molecule has 1 rings (SSSR count). The Morgan fingerprint density at radius 3 is 2.40 bits per heavy atom. The van der Waals surface area contributed by atoms with Gasteiger partial charge in [0.2, 0.25) is 5.91 Å². The molecule has 0 saturated carbocycles. The Labute approximate surface area is 86.1 Å². The number of hydrogen-bond donors (Lipinski definition) is 5. The van der Waals surface area contributed by atoms with E-state index in [4.69, 9.17) is 5.11 Å². The molecule has 86 valence electrons. The number of piperidine rings is 1. The zero-order valence-electron chi connectivity index (χ0n) is 8.17. The van der Waals surface area contributed by atoms with Gasteiger partial charge in [0.25, 0.3) is 0 Å². The van der Waals surface area contributed by atoms with Crippen LogP contribution in [0, 0.1) is 5.92 Å². The average molecular weight is 218 g/mol. The van der Waals surface area contributed by atoms with Crippen molar-refractivity contribution in [1.29, 1.82) is 0 Å². The minimum Gasteiger partial charge on any atom is -0.481 e. The number of carboxylic acid groups (broad SMARTS) is 1. The number of aliphatic carboxylic acids is 1. The largest absolute Gasteiger partial charge is 0.481 e. The molecule has 7 nitrogen and oxygen atoms in total. The molecule has 0 spiro atoms. The highest BCUT2D eigenvalue weighted by molar-refractivity contribution is 5.74. The molecule has 0 aromatic rings. The summed E-state index contributed by atoms with van der Waals surface area (Å²) in [5.41, 5.74) is 0. The number of carbonyl (C=O) groups excluding carboxylic acids is 1. The highest BCUT2D eigenvalue weighted by Crippen LogP contribution is 2.15. The summed E-state index contributed by atoms with van der Waals surface area (Å²) in [6, 6.07) is 0. The minimum atomic E-state index is -1.39. The lowest BCUT2D eigenvalue weighted by molar-refractivity contribution is -0.153. The van der Waals surface area contributed by atoms with Crippen molar-refractivity contribution in [2.24, 2.45) is 5.92 Å². The Hall–Kier alpha value is -1.18. The second-order valence-electron chi connectivity index (χ2n) is 3.51. The number of nitrogens with one attached hydrogen (secondary N) is 2. The fourth-order valence-corrected chi connectivity index (χ4v) is 1.52. The molecule has 0 radical (unpaired) electrons. The van der Waals surface area contributed by atoms with Gasteiger partial charge >= 0.3 is 5.97 Å². The third-order valence-electron chi connectivity index (χ3n) is 2.34. The molecule has 7 heteroatoms. The van der Waals surface area contributed by atoms with Gasteiger partial charge in [0, 0.05) is 13.5 Å². The van der Waals surface area contributed by atoms with Gasteiger partial charge in [-0.3, -0.25) is 14.9 Å². The summed E-state index contributed by atoms with van der Waals surface area (Å²) in [6.07, 6.45) is -3.53. The molecule has 4 atom stereocenters. The number of amides is 1. The minimum absolute atomic E-state index is 0.00148. The van der Waals surface area contributed by atoms with E-state index in [0.29, 0.717) is 0 Å². The molecular weight excluding hydrogens is 204 g/mol. The molecule has 0 bridgehead atoms. The van der Waals surface area contributed by atoms with Gasteiger partial charge in [-0.05, 0) is 0 Å². The molecule has 1 amide bonds. The number of carbonyl (C=O) groups is 2. The van der Waals surface area contributed by atoms with Crippen LogP contribution in [0.25, 0.3) is 0 Å². The maximum absolute atomic E-state index is 10.7. The van der Waals surface area contributed by atoms with Crippen molar-refractivity contribution >= 4 is 11.9 Å². The van der Waals surface area contributed by atoms with Crippen molar-refractivity contribution in [2.75, 3.05) is 6.54 Å². The smallest absolute Gasteiger partial charge is 0.310 e. The summed E-state index contributed by atoms with van der Waals surface area (Å²) in [4.78, 5) is 21.4. The van der Waals surface area contributed by atoms with Gasteiger partial charge in [0.05, 0.1) is 12.0 Å². The van der Waals surface area contributed by atoms with E-state index < -0.39 is 30.3 Å². The van der Waals surface area contributed by atoms with E-state index >= 15 is 0 Å². The van der Waals surface area contributed by atoms with E-state index in [0.717, 1.165) is 0 Å². The highest BCUT2D eigenvalue weighted by Gasteiger charge is 2.41. The van der Waals surface area contributed by atoms with Crippen molar-refractivity contribution in [1.82, 2.24) is 10.6 Å². The van der Waals surface area contributed by atoms with E-state index in [2.05, 4.69) is 10.6 Å². The molecule has 0 unspecified atom stereocenters. The zero-order chi connectivity index (χ0) is 11.6. The standard InChI is InChI=1S/C8H14N2O5/c1-3(11)10-7-6(13)5(12)4(2-9-7)8(14)15/h4-7,9,12-13H,2H2,1H3,(H,10,11)(H,14,15)/t4-,5-,6+,7-/m1/s1. The molecule has 1 aliphatic rings. The fraction of sp³-hybridized carbons (Fsp3) is 0.750. The number of rotatable bonds is 2. The van der Waals surface area contributed by atoms with E-state index in [9.17, 15) is 19.8 Å². The first-order valence-electron chi connectivity index (χ1n) is 4.53.